The first-order chi connectivity index (χ1) is 14.0. The van der Waals surface area contributed by atoms with E-state index in [-0.39, 0.29) is 18.4 Å². The maximum atomic E-state index is 12.4. The molecule has 0 spiro atoms. The van der Waals surface area contributed by atoms with Crippen LogP contribution in [0.1, 0.15) is 30.9 Å². The van der Waals surface area contributed by atoms with E-state index in [0.717, 1.165) is 17.7 Å². The molecule has 0 fully saturated rings. The van der Waals surface area contributed by atoms with Crippen LogP contribution in [0.5, 0.6) is 0 Å². The van der Waals surface area contributed by atoms with Gasteiger partial charge in [-0.2, -0.15) is 5.11 Å². The monoisotopic (exact) mass is 394 g/mol. The molecule has 2 unspecified atom stereocenters. The van der Waals surface area contributed by atoms with Gasteiger partial charge in [0.2, 0.25) is 5.91 Å². The van der Waals surface area contributed by atoms with Crippen LogP contribution in [0, 0.1) is 0 Å². The topological polar surface area (TPSA) is 97.5 Å². The van der Waals surface area contributed by atoms with Crippen molar-refractivity contribution in [1.29, 1.82) is 0 Å². The molecule has 0 aliphatic carbocycles. The van der Waals surface area contributed by atoms with Gasteiger partial charge in [-0.1, -0.05) is 54.6 Å². The Morgan fingerprint density at radius 2 is 1.97 bits per heavy atom. The van der Waals surface area contributed by atoms with Crippen LogP contribution in [-0.4, -0.2) is 41.6 Å². The van der Waals surface area contributed by atoms with Crippen molar-refractivity contribution in [3.63, 3.8) is 0 Å². The molecule has 1 aliphatic rings. The molecular formula is C21H27BN4O3. The summed E-state index contributed by atoms with van der Waals surface area (Å²) in [6.45, 7) is 2.70. The van der Waals surface area contributed by atoms with Crippen LogP contribution in [0.25, 0.3) is 0 Å². The summed E-state index contributed by atoms with van der Waals surface area (Å²) in [6.07, 6.45) is 2.08. The van der Waals surface area contributed by atoms with Gasteiger partial charge in [0.05, 0.1) is 24.2 Å². The highest BCUT2D eigenvalue weighted by Gasteiger charge is 2.27. The predicted molar refractivity (Wildman–Crippen MR) is 113 cm³/mol. The van der Waals surface area contributed by atoms with Crippen molar-refractivity contribution >= 4 is 18.7 Å². The molecule has 8 heteroatoms. The summed E-state index contributed by atoms with van der Waals surface area (Å²) in [5, 5.41) is 32.4. The average molecular weight is 394 g/mol. The molecule has 3 N–H and O–H groups in total. The fraction of sp³-hybridized carbons (Fsp3) is 0.381. The fourth-order valence-corrected chi connectivity index (χ4v) is 3.35. The maximum absolute atomic E-state index is 12.4. The number of benzene rings is 2. The number of rotatable bonds is 9. The highest BCUT2D eigenvalue weighted by Crippen LogP contribution is 2.21. The first kappa shape index (κ1) is 21.0. The van der Waals surface area contributed by atoms with Crippen LogP contribution in [-0.2, 0) is 17.6 Å². The summed E-state index contributed by atoms with van der Waals surface area (Å²) >= 11 is 0. The number of aryl methyl sites for hydroxylation is 1. The van der Waals surface area contributed by atoms with E-state index in [2.05, 4.69) is 22.6 Å². The SMILES string of the molecule is CCc1cccc(CC(NC(=O)CCC2CN(c3ccccc3)N=N2)B(O)O)c1. The summed E-state index contributed by atoms with van der Waals surface area (Å²) in [5.74, 6) is -0.969. The van der Waals surface area contributed by atoms with E-state index in [4.69, 9.17) is 0 Å². The molecule has 0 saturated heterocycles. The molecule has 0 aromatic heterocycles. The zero-order valence-corrected chi connectivity index (χ0v) is 16.6. The van der Waals surface area contributed by atoms with Gasteiger partial charge >= 0.3 is 7.12 Å². The second-order valence-corrected chi connectivity index (χ2v) is 7.28. The lowest BCUT2D eigenvalue weighted by Crippen LogP contribution is -2.48. The Morgan fingerprint density at radius 1 is 1.21 bits per heavy atom. The Bertz CT molecular complexity index is 832. The third kappa shape index (κ3) is 6.14. The molecule has 152 valence electrons. The third-order valence-electron chi connectivity index (χ3n) is 5.03. The quantitative estimate of drug-likeness (QED) is 0.569. The number of hydrogen-bond acceptors (Lipinski definition) is 6. The summed E-state index contributed by atoms with van der Waals surface area (Å²) < 4.78 is 0. The van der Waals surface area contributed by atoms with E-state index in [1.54, 1.807) is 0 Å². The van der Waals surface area contributed by atoms with Crippen LogP contribution in [0.15, 0.2) is 64.9 Å². The molecule has 0 bridgehead atoms. The molecule has 2 aromatic carbocycles. The summed E-state index contributed by atoms with van der Waals surface area (Å²) in [4.78, 5) is 12.4. The van der Waals surface area contributed by atoms with Gasteiger partial charge in [0, 0.05) is 6.42 Å². The van der Waals surface area contributed by atoms with E-state index >= 15 is 0 Å². The second kappa shape index (κ2) is 10.2. The zero-order chi connectivity index (χ0) is 20.6. The first-order valence-corrected chi connectivity index (χ1v) is 10.0. The smallest absolute Gasteiger partial charge is 0.426 e. The van der Waals surface area contributed by atoms with Crippen molar-refractivity contribution in [2.45, 2.75) is 44.6 Å². The number of carbonyl (C=O) groups excluding carboxylic acids is 1. The number of amides is 1. The molecule has 0 radical (unpaired) electrons. The average Bonchev–Trinajstić information content (AvgIpc) is 3.21. The van der Waals surface area contributed by atoms with Crippen molar-refractivity contribution in [1.82, 2.24) is 5.32 Å². The van der Waals surface area contributed by atoms with Gasteiger partial charge in [0.15, 0.2) is 0 Å². The molecule has 1 amide bonds. The first-order valence-electron chi connectivity index (χ1n) is 10.0. The standard InChI is InChI=1S/C21H27BN4O3/c1-2-16-7-6-8-17(13-16)14-20(22(28)29)23-21(27)12-11-18-15-26(25-24-18)19-9-4-3-5-10-19/h3-10,13,18,20,28-29H,2,11-12,14-15H2,1H3,(H,23,27). The van der Waals surface area contributed by atoms with Crippen LogP contribution in [0.3, 0.4) is 0 Å². The Balaban J connectivity index is 1.47. The highest BCUT2D eigenvalue weighted by atomic mass is 16.4. The number of nitrogens with one attached hydrogen (secondary N) is 1. The van der Waals surface area contributed by atoms with Crippen molar-refractivity contribution in [2.75, 3.05) is 11.6 Å². The van der Waals surface area contributed by atoms with Crippen molar-refractivity contribution in [3.8, 4) is 0 Å². The van der Waals surface area contributed by atoms with E-state index in [9.17, 15) is 14.8 Å². The predicted octanol–water partition coefficient (Wildman–Crippen LogP) is 2.32. The van der Waals surface area contributed by atoms with Crippen LogP contribution in [0.2, 0.25) is 0 Å². The van der Waals surface area contributed by atoms with Crippen molar-refractivity contribution < 1.29 is 14.8 Å². The number of carbonyl (C=O) groups is 1. The largest absolute Gasteiger partial charge is 0.475 e. The fourth-order valence-electron chi connectivity index (χ4n) is 3.35. The number of para-hydroxylation sites is 1. The van der Waals surface area contributed by atoms with E-state index in [1.165, 1.54) is 5.56 Å². The maximum Gasteiger partial charge on any atom is 0.475 e. The number of nitrogens with zero attached hydrogens (tertiary/aromatic N) is 3. The lowest BCUT2D eigenvalue weighted by Gasteiger charge is -2.19. The van der Waals surface area contributed by atoms with Gasteiger partial charge < -0.3 is 15.4 Å². The molecule has 1 heterocycles. The molecule has 2 atom stereocenters. The van der Waals surface area contributed by atoms with Crippen molar-refractivity contribution in [2.24, 2.45) is 10.3 Å². The summed E-state index contributed by atoms with van der Waals surface area (Å²) in [7, 11) is -1.62. The van der Waals surface area contributed by atoms with Gasteiger partial charge in [0.1, 0.15) is 0 Å². The zero-order valence-electron chi connectivity index (χ0n) is 16.6. The third-order valence-corrected chi connectivity index (χ3v) is 5.03. The Labute approximate surface area is 171 Å². The van der Waals surface area contributed by atoms with Crippen LogP contribution < -0.4 is 10.3 Å². The van der Waals surface area contributed by atoms with Crippen LogP contribution >= 0.6 is 0 Å². The molecule has 2 aromatic rings. The lowest BCUT2D eigenvalue weighted by molar-refractivity contribution is -0.121. The Hall–Kier alpha value is -2.71. The normalized spacial score (nSPS) is 16.7. The minimum Gasteiger partial charge on any atom is -0.426 e. The lowest BCUT2D eigenvalue weighted by atomic mass is 9.75. The minimum absolute atomic E-state index is 0.0558. The van der Waals surface area contributed by atoms with Gasteiger partial charge in [-0.15, -0.1) is 0 Å². The molecule has 3 rings (SSSR count). The van der Waals surface area contributed by atoms with E-state index in [0.29, 0.717) is 19.4 Å². The van der Waals surface area contributed by atoms with Gasteiger partial charge in [-0.3, -0.25) is 4.79 Å². The second-order valence-electron chi connectivity index (χ2n) is 7.28. The summed E-state index contributed by atoms with van der Waals surface area (Å²) in [6, 6.07) is 17.6. The molecule has 29 heavy (non-hydrogen) atoms. The molecule has 7 nitrogen and oxygen atoms in total. The molecule has 1 aliphatic heterocycles. The van der Waals surface area contributed by atoms with E-state index in [1.807, 2.05) is 59.6 Å². The molecular weight excluding hydrogens is 367 g/mol. The van der Waals surface area contributed by atoms with Gasteiger partial charge in [-0.05, 0) is 42.5 Å². The summed E-state index contributed by atoms with van der Waals surface area (Å²) in [5.41, 5.74) is 3.11. The van der Waals surface area contributed by atoms with Crippen LogP contribution in [0.4, 0.5) is 5.69 Å². The molecule has 0 saturated carbocycles. The highest BCUT2D eigenvalue weighted by molar-refractivity contribution is 6.43. The van der Waals surface area contributed by atoms with Gasteiger partial charge in [-0.25, -0.2) is 5.01 Å². The number of hydrogen-bond donors (Lipinski definition) is 3. The Kier molecular flexibility index (Phi) is 7.38. The van der Waals surface area contributed by atoms with E-state index < -0.39 is 13.1 Å². The number of anilines is 1. The minimum atomic E-state index is -1.62. The van der Waals surface area contributed by atoms with Crippen molar-refractivity contribution in [3.05, 3.63) is 65.7 Å². The van der Waals surface area contributed by atoms with Gasteiger partial charge in [0.25, 0.3) is 0 Å². The Morgan fingerprint density at radius 3 is 2.69 bits per heavy atom.